The molecule has 30 heavy (non-hydrogen) atoms. The highest BCUT2D eigenvalue weighted by Crippen LogP contribution is 2.35. The molecule has 0 spiro atoms. The van der Waals surface area contributed by atoms with Crippen LogP contribution in [0.2, 0.25) is 0 Å². The molecule has 0 aliphatic rings. The van der Waals surface area contributed by atoms with Crippen molar-refractivity contribution in [2.75, 3.05) is 14.2 Å². The van der Waals surface area contributed by atoms with Gasteiger partial charge in [-0.15, -0.1) is 0 Å². The molecule has 5 nitrogen and oxygen atoms in total. The highest BCUT2D eigenvalue weighted by Gasteiger charge is 2.14. The van der Waals surface area contributed by atoms with Gasteiger partial charge in [0.05, 0.1) is 14.2 Å². The van der Waals surface area contributed by atoms with Crippen LogP contribution < -0.4 is 9.47 Å². The van der Waals surface area contributed by atoms with Crippen molar-refractivity contribution in [1.29, 1.82) is 0 Å². The summed E-state index contributed by atoms with van der Waals surface area (Å²) in [6.07, 6.45) is 1.57. The Balaban J connectivity index is 1.71. The molecule has 4 aromatic carbocycles. The molecule has 0 saturated carbocycles. The van der Waals surface area contributed by atoms with Crippen LogP contribution in [0.25, 0.3) is 44.3 Å². The minimum Gasteiger partial charge on any atom is -0.496 e. The van der Waals surface area contributed by atoms with Gasteiger partial charge in [-0.3, -0.25) is 0 Å². The summed E-state index contributed by atoms with van der Waals surface area (Å²) >= 11 is 0. The predicted octanol–water partition coefficient (Wildman–Crippen LogP) is 5.53. The van der Waals surface area contributed by atoms with Crippen molar-refractivity contribution in [2.45, 2.75) is 0 Å². The molecule has 1 heterocycles. The lowest BCUT2D eigenvalue weighted by Crippen LogP contribution is -1.97. The number of fused-ring (bicyclic) bond motifs is 2. The number of rotatable bonds is 4. The third-order valence-electron chi connectivity index (χ3n) is 5.26. The van der Waals surface area contributed by atoms with Crippen LogP contribution in [-0.4, -0.2) is 29.2 Å². The van der Waals surface area contributed by atoms with E-state index in [1.54, 1.807) is 20.5 Å². The predicted molar refractivity (Wildman–Crippen MR) is 119 cm³/mol. The second-order valence-corrected chi connectivity index (χ2v) is 6.85. The molecule has 0 N–H and O–H groups in total. The number of methoxy groups -OCH3 is 2. The van der Waals surface area contributed by atoms with E-state index in [0.29, 0.717) is 11.6 Å². The topological polar surface area (TPSA) is 57.1 Å². The van der Waals surface area contributed by atoms with Gasteiger partial charge in [-0.1, -0.05) is 48.5 Å². The van der Waals surface area contributed by atoms with E-state index < -0.39 is 0 Å². The van der Waals surface area contributed by atoms with Gasteiger partial charge in [-0.25, -0.2) is 15.0 Å². The molecule has 0 unspecified atom stereocenters. The molecule has 0 aliphatic heterocycles. The molecule has 0 saturated heterocycles. The summed E-state index contributed by atoms with van der Waals surface area (Å²) in [5.41, 5.74) is 1.88. The molecular formula is C25H19N3O2. The van der Waals surface area contributed by atoms with Crippen LogP contribution in [0.5, 0.6) is 11.5 Å². The fourth-order valence-corrected chi connectivity index (χ4v) is 3.84. The zero-order valence-electron chi connectivity index (χ0n) is 16.7. The standard InChI is InChI=1S/C25H19N3O2/c1-29-22-13-11-20(16-7-3-5-9-18(16)22)24-26-15-27-25(28-24)21-12-14-23(30-2)19-10-6-4-8-17(19)21/h3-15H,1-2H3. The van der Waals surface area contributed by atoms with E-state index in [9.17, 15) is 0 Å². The Morgan fingerprint density at radius 3 is 1.40 bits per heavy atom. The van der Waals surface area contributed by atoms with Crippen molar-refractivity contribution in [3.63, 3.8) is 0 Å². The van der Waals surface area contributed by atoms with Gasteiger partial charge in [-0.05, 0) is 35.0 Å². The molecule has 1 aromatic heterocycles. The number of ether oxygens (including phenoxy) is 2. The monoisotopic (exact) mass is 393 g/mol. The zero-order valence-corrected chi connectivity index (χ0v) is 16.7. The van der Waals surface area contributed by atoms with Crippen molar-refractivity contribution >= 4 is 21.5 Å². The number of hydrogen-bond acceptors (Lipinski definition) is 5. The summed E-state index contributed by atoms with van der Waals surface area (Å²) < 4.78 is 11.0. The van der Waals surface area contributed by atoms with Crippen molar-refractivity contribution < 1.29 is 9.47 Å². The van der Waals surface area contributed by atoms with Gasteiger partial charge < -0.3 is 9.47 Å². The Labute approximate surface area is 174 Å². The third-order valence-corrected chi connectivity index (χ3v) is 5.26. The third kappa shape index (κ3) is 2.92. The number of nitrogens with zero attached hydrogens (tertiary/aromatic N) is 3. The maximum absolute atomic E-state index is 5.52. The molecule has 0 fully saturated rings. The van der Waals surface area contributed by atoms with Crippen LogP contribution >= 0.6 is 0 Å². The summed E-state index contributed by atoms with van der Waals surface area (Å²) in [6, 6.07) is 24.1. The average Bonchev–Trinajstić information content (AvgIpc) is 2.82. The van der Waals surface area contributed by atoms with E-state index in [2.05, 4.69) is 22.1 Å². The van der Waals surface area contributed by atoms with Crippen LogP contribution in [-0.2, 0) is 0 Å². The second kappa shape index (κ2) is 7.44. The summed E-state index contributed by atoms with van der Waals surface area (Å²) in [5.74, 6) is 2.90. The molecule has 146 valence electrons. The van der Waals surface area contributed by atoms with Gasteiger partial charge in [0.2, 0.25) is 0 Å². The van der Waals surface area contributed by atoms with Gasteiger partial charge in [0.1, 0.15) is 17.8 Å². The first-order valence-corrected chi connectivity index (χ1v) is 9.61. The summed E-state index contributed by atoms with van der Waals surface area (Å²) in [5, 5.41) is 4.12. The van der Waals surface area contributed by atoms with Crippen LogP contribution in [0.3, 0.4) is 0 Å². The fourth-order valence-electron chi connectivity index (χ4n) is 3.84. The van der Waals surface area contributed by atoms with Crippen molar-refractivity contribution in [1.82, 2.24) is 15.0 Å². The minimum atomic E-state index is 0.624. The van der Waals surface area contributed by atoms with E-state index in [1.165, 1.54) is 0 Å². The summed E-state index contributed by atoms with van der Waals surface area (Å²) in [6.45, 7) is 0. The lowest BCUT2D eigenvalue weighted by Gasteiger charge is -2.12. The molecule has 0 amide bonds. The number of aromatic nitrogens is 3. The Bertz CT molecular complexity index is 1280. The SMILES string of the molecule is COc1ccc(-c2ncnc(-c3ccc(OC)c4ccccc34)n2)c2ccccc12. The average molecular weight is 393 g/mol. The minimum absolute atomic E-state index is 0.624. The van der Waals surface area contributed by atoms with Crippen molar-refractivity contribution in [3.8, 4) is 34.3 Å². The van der Waals surface area contributed by atoms with Crippen molar-refractivity contribution in [2.24, 2.45) is 0 Å². The first-order valence-electron chi connectivity index (χ1n) is 9.61. The van der Waals surface area contributed by atoms with Gasteiger partial charge in [0.25, 0.3) is 0 Å². The van der Waals surface area contributed by atoms with Gasteiger partial charge in [0.15, 0.2) is 11.6 Å². The quantitative estimate of drug-likeness (QED) is 0.402. The Morgan fingerprint density at radius 2 is 0.967 bits per heavy atom. The molecule has 0 aliphatic carbocycles. The smallest absolute Gasteiger partial charge is 0.164 e. The van der Waals surface area contributed by atoms with E-state index in [1.807, 2.05) is 60.7 Å². The van der Waals surface area contributed by atoms with Gasteiger partial charge in [0, 0.05) is 21.9 Å². The lowest BCUT2D eigenvalue weighted by molar-refractivity contribution is 0.420. The van der Waals surface area contributed by atoms with Crippen LogP contribution in [0, 0.1) is 0 Å². The van der Waals surface area contributed by atoms with Crippen LogP contribution in [0.1, 0.15) is 0 Å². The van der Waals surface area contributed by atoms with E-state index in [0.717, 1.165) is 44.2 Å². The molecule has 5 rings (SSSR count). The number of benzene rings is 4. The normalized spacial score (nSPS) is 11.0. The van der Waals surface area contributed by atoms with Gasteiger partial charge >= 0.3 is 0 Å². The molecule has 5 heteroatoms. The zero-order chi connectivity index (χ0) is 20.5. The Morgan fingerprint density at radius 1 is 0.533 bits per heavy atom. The fraction of sp³-hybridized carbons (Fsp3) is 0.0800. The molecular weight excluding hydrogens is 374 g/mol. The Hall–Kier alpha value is -3.99. The maximum Gasteiger partial charge on any atom is 0.164 e. The number of hydrogen-bond donors (Lipinski definition) is 0. The Kier molecular flexibility index (Phi) is 4.48. The van der Waals surface area contributed by atoms with Crippen LogP contribution in [0.4, 0.5) is 0 Å². The van der Waals surface area contributed by atoms with E-state index >= 15 is 0 Å². The largest absolute Gasteiger partial charge is 0.496 e. The van der Waals surface area contributed by atoms with Gasteiger partial charge in [-0.2, -0.15) is 0 Å². The first-order chi connectivity index (χ1) is 14.8. The highest BCUT2D eigenvalue weighted by molar-refractivity contribution is 6.00. The summed E-state index contributed by atoms with van der Waals surface area (Å²) in [7, 11) is 3.36. The van der Waals surface area contributed by atoms with Crippen molar-refractivity contribution in [3.05, 3.63) is 79.1 Å². The molecule has 5 aromatic rings. The molecule has 0 atom stereocenters. The van der Waals surface area contributed by atoms with Crippen LogP contribution in [0.15, 0.2) is 79.1 Å². The van der Waals surface area contributed by atoms with E-state index in [-0.39, 0.29) is 0 Å². The summed E-state index contributed by atoms with van der Waals surface area (Å²) in [4.78, 5) is 13.8. The second-order valence-electron chi connectivity index (χ2n) is 6.85. The lowest BCUT2D eigenvalue weighted by atomic mass is 10.0. The first kappa shape index (κ1) is 18.1. The van der Waals surface area contributed by atoms with E-state index in [4.69, 9.17) is 14.5 Å². The molecule has 0 radical (unpaired) electrons. The molecule has 0 bridgehead atoms. The maximum atomic E-state index is 5.52. The highest BCUT2D eigenvalue weighted by atomic mass is 16.5.